The van der Waals surface area contributed by atoms with Crippen molar-refractivity contribution in [2.24, 2.45) is 0 Å². The fourth-order valence-corrected chi connectivity index (χ4v) is 3.05. The maximum atomic E-state index is 5.78. The molecule has 4 heteroatoms. The van der Waals surface area contributed by atoms with E-state index in [1.165, 1.54) is 4.88 Å². The molecule has 1 aliphatic rings. The lowest BCUT2D eigenvalue weighted by Crippen LogP contribution is -2.25. The Morgan fingerprint density at radius 3 is 3.05 bits per heavy atom. The Morgan fingerprint density at radius 2 is 2.26 bits per heavy atom. The minimum absolute atomic E-state index is 0.342. The lowest BCUT2D eigenvalue weighted by Gasteiger charge is -2.29. The van der Waals surface area contributed by atoms with E-state index in [1.54, 1.807) is 11.3 Å². The van der Waals surface area contributed by atoms with E-state index in [2.05, 4.69) is 41.1 Å². The summed E-state index contributed by atoms with van der Waals surface area (Å²) in [6.07, 6.45) is 1.02. The average Bonchev–Trinajstić information content (AvgIpc) is 2.98. The third kappa shape index (κ3) is 2.54. The van der Waals surface area contributed by atoms with Crippen LogP contribution in [-0.4, -0.2) is 13.2 Å². The van der Waals surface area contributed by atoms with Crippen LogP contribution in [0, 0.1) is 0 Å². The number of fused-ring (bicyclic) bond motifs is 1. The highest BCUT2D eigenvalue weighted by Crippen LogP contribution is 2.39. The summed E-state index contributed by atoms with van der Waals surface area (Å²) >= 11 is 1.79. The van der Waals surface area contributed by atoms with Gasteiger partial charge in [0.05, 0.1) is 18.3 Å². The molecule has 0 saturated carbocycles. The number of anilines is 2. The number of thiophene rings is 1. The first-order valence-corrected chi connectivity index (χ1v) is 7.56. The van der Waals surface area contributed by atoms with Crippen molar-refractivity contribution in [2.45, 2.75) is 19.4 Å². The molecule has 0 aliphatic carbocycles. The largest absolute Gasteiger partial charge is 0.491 e. The summed E-state index contributed by atoms with van der Waals surface area (Å²) < 4.78 is 5.78. The number of benzene rings is 1. The van der Waals surface area contributed by atoms with Gasteiger partial charge in [0.1, 0.15) is 11.4 Å². The SMILES string of the molecule is CCCOc1cccc2c1NCC(c1cccs1)N2. The van der Waals surface area contributed by atoms with Gasteiger partial charge in [-0.15, -0.1) is 11.3 Å². The molecule has 0 radical (unpaired) electrons. The van der Waals surface area contributed by atoms with Gasteiger partial charge >= 0.3 is 0 Å². The van der Waals surface area contributed by atoms with Crippen molar-refractivity contribution in [3.8, 4) is 5.75 Å². The molecule has 19 heavy (non-hydrogen) atoms. The molecule has 0 spiro atoms. The summed E-state index contributed by atoms with van der Waals surface area (Å²) in [6.45, 7) is 3.76. The molecule has 3 rings (SSSR count). The van der Waals surface area contributed by atoms with Crippen LogP contribution >= 0.6 is 11.3 Å². The highest BCUT2D eigenvalue weighted by molar-refractivity contribution is 7.10. The van der Waals surface area contributed by atoms with Gasteiger partial charge in [-0.25, -0.2) is 0 Å². The number of ether oxygens (including phenoxy) is 1. The Bertz CT molecular complexity index is 539. The maximum Gasteiger partial charge on any atom is 0.144 e. The molecule has 0 saturated heterocycles. The van der Waals surface area contributed by atoms with Crippen LogP contribution in [0.4, 0.5) is 11.4 Å². The fourth-order valence-electron chi connectivity index (χ4n) is 2.27. The summed E-state index contributed by atoms with van der Waals surface area (Å²) in [4.78, 5) is 1.36. The van der Waals surface area contributed by atoms with Crippen LogP contribution in [0.2, 0.25) is 0 Å². The zero-order valence-electron chi connectivity index (χ0n) is 11.0. The number of hydrogen-bond donors (Lipinski definition) is 2. The lowest BCUT2D eigenvalue weighted by atomic mass is 10.1. The Morgan fingerprint density at radius 1 is 1.32 bits per heavy atom. The van der Waals surface area contributed by atoms with E-state index in [0.29, 0.717) is 6.04 Å². The van der Waals surface area contributed by atoms with Gasteiger partial charge in [-0.2, -0.15) is 0 Å². The van der Waals surface area contributed by atoms with E-state index in [0.717, 1.165) is 36.7 Å². The molecule has 1 atom stereocenters. The van der Waals surface area contributed by atoms with Gasteiger partial charge in [0.25, 0.3) is 0 Å². The van der Waals surface area contributed by atoms with Gasteiger partial charge in [0.2, 0.25) is 0 Å². The maximum absolute atomic E-state index is 5.78. The van der Waals surface area contributed by atoms with Crippen molar-refractivity contribution in [1.29, 1.82) is 0 Å². The average molecular weight is 274 g/mol. The molecule has 0 bridgehead atoms. The van der Waals surface area contributed by atoms with E-state index in [4.69, 9.17) is 4.74 Å². The number of nitrogens with one attached hydrogen (secondary N) is 2. The molecule has 1 aromatic carbocycles. The van der Waals surface area contributed by atoms with Crippen LogP contribution in [0.3, 0.4) is 0 Å². The molecule has 0 fully saturated rings. The standard InChI is InChI=1S/C15H18N2OS/c1-2-8-18-13-6-3-5-11-15(13)16-10-12(17-11)14-7-4-9-19-14/h3-7,9,12,16-17H,2,8,10H2,1H3. The minimum atomic E-state index is 0.342. The molecule has 2 heterocycles. The Kier molecular flexibility index (Phi) is 3.60. The second-order valence-electron chi connectivity index (χ2n) is 4.62. The van der Waals surface area contributed by atoms with Crippen LogP contribution in [0.5, 0.6) is 5.75 Å². The first-order valence-electron chi connectivity index (χ1n) is 6.68. The Labute approximate surface area is 117 Å². The molecular weight excluding hydrogens is 256 g/mol. The number of para-hydroxylation sites is 1. The molecule has 1 unspecified atom stereocenters. The highest BCUT2D eigenvalue weighted by Gasteiger charge is 2.21. The van der Waals surface area contributed by atoms with E-state index < -0.39 is 0 Å². The van der Waals surface area contributed by atoms with Gasteiger partial charge in [-0.3, -0.25) is 0 Å². The van der Waals surface area contributed by atoms with Crippen molar-refractivity contribution < 1.29 is 4.74 Å². The first kappa shape index (κ1) is 12.4. The molecule has 1 aliphatic heterocycles. The Hall–Kier alpha value is -1.68. The zero-order valence-corrected chi connectivity index (χ0v) is 11.8. The molecule has 3 nitrogen and oxygen atoms in total. The summed E-state index contributed by atoms with van der Waals surface area (Å²) in [5.74, 6) is 0.941. The quantitative estimate of drug-likeness (QED) is 0.880. The van der Waals surface area contributed by atoms with Gasteiger partial charge in [0, 0.05) is 11.4 Å². The molecule has 2 N–H and O–H groups in total. The van der Waals surface area contributed by atoms with E-state index in [9.17, 15) is 0 Å². The summed E-state index contributed by atoms with van der Waals surface area (Å²) in [7, 11) is 0. The smallest absolute Gasteiger partial charge is 0.144 e. The summed E-state index contributed by atoms with van der Waals surface area (Å²) in [6, 6.07) is 10.8. The predicted octanol–water partition coefficient (Wildman–Crippen LogP) is 4.12. The van der Waals surface area contributed by atoms with Crippen LogP contribution in [0.1, 0.15) is 24.3 Å². The number of hydrogen-bond acceptors (Lipinski definition) is 4. The molecule has 1 aromatic heterocycles. The van der Waals surface area contributed by atoms with Crippen LogP contribution in [-0.2, 0) is 0 Å². The normalized spacial score (nSPS) is 17.2. The predicted molar refractivity (Wildman–Crippen MR) is 81.4 cm³/mol. The van der Waals surface area contributed by atoms with Crippen molar-refractivity contribution in [3.05, 3.63) is 40.6 Å². The van der Waals surface area contributed by atoms with Crippen LogP contribution < -0.4 is 15.4 Å². The van der Waals surface area contributed by atoms with Crippen molar-refractivity contribution >= 4 is 22.7 Å². The third-order valence-electron chi connectivity index (χ3n) is 3.19. The monoisotopic (exact) mass is 274 g/mol. The van der Waals surface area contributed by atoms with Gasteiger partial charge in [0.15, 0.2) is 0 Å². The molecule has 100 valence electrons. The topological polar surface area (TPSA) is 33.3 Å². The molecule has 0 amide bonds. The van der Waals surface area contributed by atoms with Gasteiger partial charge in [-0.1, -0.05) is 19.1 Å². The van der Waals surface area contributed by atoms with E-state index in [-0.39, 0.29) is 0 Å². The van der Waals surface area contributed by atoms with Crippen molar-refractivity contribution in [3.63, 3.8) is 0 Å². The molecule has 2 aromatic rings. The fraction of sp³-hybridized carbons (Fsp3) is 0.333. The highest BCUT2D eigenvalue weighted by atomic mass is 32.1. The van der Waals surface area contributed by atoms with E-state index >= 15 is 0 Å². The second-order valence-corrected chi connectivity index (χ2v) is 5.60. The lowest BCUT2D eigenvalue weighted by molar-refractivity contribution is 0.318. The van der Waals surface area contributed by atoms with Gasteiger partial charge in [-0.05, 0) is 30.0 Å². The van der Waals surface area contributed by atoms with Crippen molar-refractivity contribution in [1.82, 2.24) is 0 Å². The number of rotatable bonds is 4. The van der Waals surface area contributed by atoms with Crippen molar-refractivity contribution in [2.75, 3.05) is 23.8 Å². The van der Waals surface area contributed by atoms with Crippen LogP contribution in [0.25, 0.3) is 0 Å². The minimum Gasteiger partial charge on any atom is -0.491 e. The Balaban J connectivity index is 1.82. The van der Waals surface area contributed by atoms with Crippen LogP contribution in [0.15, 0.2) is 35.7 Å². The third-order valence-corrected chi connectivity index (χ3v) is 4.17. The molecular formula is C15H18N2OS. The van der Waals surface area contributed by atoms with E-state index in [1.807, 2.05) is 12.1 Å². The summed E-state index contributed by atoms with van der Waals surface area (Å²) in [5, 5.41) is 9.20. The zero-order chi connectivity index (χ0) is 13.1. The summed E-state index contributed by atoms with van der Waals surface area (Å²) in [5.41, 5.74) is 2.21. The van der Waals surface area contributed by atoms with Gasteiger partial charge < -0.3 is 15.4 Å². The first-order chi connectivity index (χ1) is 9.38. The second kappa shape index (κ2) is 5.53.